The summed E-state index contributed by atoms with van der Waals surface area (Å²) in [5.41, 5.74) is -0.429. The van der Waals surface area contributed by atoms with E-state index >= 15 is 0 Å². The summed E-state index contributed by atoms with van der Waals surface area (Å²) >= 11 is 5.64. The van der Waals surface area contributed by atoms with E-state index in [0.717, 1.165) is 25.0 Å². The topological polar surface area (TPSA) is 35.8 Å². The van der Waals surface area contributed by atoms with Gasteiger partial charge in [-0.1, -0.05) is 11.6 Å². The predicted molar refractivity (Wildman–Crippen MR) is 64.4 cm³/mol. The first-order valence-corrected chi connectivity index (χ1v) is 5.80. The molecule has 18 heavy (non-hydrogen) atoms. The fraction of sp³-hybridized carbons (Fsp3) is 0.417. The van der Waals surface area contributed by atoms with E-state index in [0.29, 0.717) is 18.7 Å². The van der Waals surface area contributed by atoms with Gasteiger partial charge in [0, 0.05) is 23.7 Å². The third-order valence-electron chi connectivity index (χ3n) is 2.27. The lowest BCUT2D eigenvalue weighted by atomic mass is 10.2. The zero-order valence-corrected chi connectivity index (χ0v) is 10.3. The van der Waals surface area contributed by atoms with E-state index in [1.54, 1.807) is 0 Å². The molecule has 0 fully saturated rings. The highest BCUT2D eigenvalue weighted by Gasteiger charge is 2.31. The lowest BCUT2D eigenvalue weighted by Gasteiger charge is -2.11. The van der Waals surface area contributed by atoms with E-state index < -0.39 is 11.7 Å². The SMILES string of the molecule is N#CCCCCNc1cc(Cl)cc(C(F)(F)F)c1. The number of unbranched alkanes of at least 4 members (excludes halogenated alkanes) is 2. The van der Waals surface area contributed by atoms with Gasteiger partial charge in [-0.15, -0.1) is 0 Å². The van der Waals surface area contributed by atoms with Gasteiger partial charge >= 0.3 is 6.18 Å². The second-order valence-corrected chi connectivity index (χ2v) is 4.20. The Balaban J connectivity index is 2.61. The minimum atomic E-state index is -4.40. The Morgan fingerprint density at radius 1 is 1.22 bits per heavy atom. The molecule has 98 valence electrons. The van der Waals surface area contributed by atoms with Crippen molar-refractivity contribution in [1.82, 2.24) is 0 Å². The first kappa shape index (κ1) is 14.7. The van der Waals surface area contributed by atoms with E-state index in [-0.39, 0.29) is 5.02 Å². The fourth-order valence-corrected chi connectivity index (χ4v) is 1.65. The first-order chi connectivity index (χ1) is 8.43. The van der Waals surface area contributed by atoms with Crippen molar-refractivity contribution in [3.63, 3.8) is 0 Å². The van der Waals surface area contributed by atoms with Crippen LogP contribution in [0.15, 0.2) is 18.2 Å². The Morgan fingerprint density at radius 3 is 2.56 bits per heavy atom. The zero-order valence-electron chi connectivity index (χ0n) is 9.52. The maximum Gasteiger partial charge on any atom is 0.416 e. The number of hydrogen-bond donors (Lipinski definition) is 1. The number of halogens is 4. The smallest absolute Gasteiger partial charge is 0.385 e. The van der Waals surface area contributed by atoms with E-state index in [2.05, 4.69) is 5.32 Å². The summed E-state index contributed by atoms with van der Waals surface area (Å²) in [7, 11) is 0. The number of nitrogens with zero attached hydrogens (tertiary/aromatic N) is 1. The Hall–Kier alpha value is -1.41. The van der Waals surface area contributed by atoms with Crippen LogP contribution in [0.5, 0.6) is 0 Å². The molecule has 0 aliphatic carbocycles. The van der Waals surface area contributed by atoms with Crippen LogP contribution < -0.4 is 5.32 Å². The van der Waals surface area contributed by atoms with Crippen molar-refractivity contribution in [1.29, 1.82) is 5.26 Å². The molecule has 2 nitrogen and oxygen atoms in total. The van der Waals surface area contributed by atoms with Gasteiger partial charge in [0.2, 0.25) is 0 Å². The molecule has 6 heteroatoms. The van der Waals surface area contributed by atoms with Crippen LogP contribution in [0.25, 0.3) is 0 Å². The molecule has 0 radical (unpaired) electrons. The summed E-state index contributed by atoms with van der Waals surface area (Å²) in [5.74, 6) is 0. The van der Waals surface area contributed by atoms with Gasteiger partial charge in [-0.25, -0.2) is 0 Å². The van der Waals surface area contributed by atoms with Crippen molar-refractivity contribution in [3.05, 3.63) is 28.8 Å². The van der Waals surface area contributed by atoms with Crippen molar-refractivity contribution in [2.24, 2.45) is 0 Å². The van der Waals surface area contributed by atoms with Gasteiger partial charge < -0.3 is 5.32 Å². The Bertz CT molecular complexity index is 438. The average molecular weight is 277 g/mol. The van der Waals surface area contributed by atoms with E-state index in [4.69, 9.17) is 16.9 Å². The number of benzene rings is 1. The molecular weight excluding hydrogens is 265 g/mol. The number of nitrogens with one attached hydrogen (secondary N) is 1. The lowest BCUT2D eigenvalue weighted by Crippen LogP contribution is -2.07. The predicted octanol–water partition coefficient (Wildman–Crippen LogP) is 4.46. The molecule has 0 bridgehead atoms. The Labute approximate surface area is 108 Å². The largest absolute Gasteiger partial charge is 0.416 e. The highest BCUT2D eigenvalue weighted by molar-refractivity contribution is 6.30. The molecule has 0 atom stereocenters. The van der Waals surface area contributed by atoms with Crippen molar-refractivity contribution in [2.45, 2.75) is 25.4 Å². The number of hydrogen-bond acceptors (Lipinski definition) is 2. The molecule has 1 N–H and O–H groups in total. The van der Waals surface area contributed by atoms with Gasteiger partial charge in [0.1, 0.15) is 0 Å². The van der Waals surface area contributed by atoms with Crippen molar-refractivity contribution < 1.29 is 13.2 Å². The average Bonchev–Trinajstić information content (AvgIpc) is 2.27. The summed E-state index contributed by atoms with van der Waals surface area (Å²) in [6.45, 7) is 0.513. The second-order valence-electron chi connectivity index (χ2n) is 3.77. The normalized spacial score (nSPS) is 11.1. The molecule has 0 unspecified atom stereocenters. The van der Waals surface area contributed by atoms with Gasteiger partial charge in [-0.3, -0.25) is 0 Å². The summed E-state index contributed by atoms with van der Waals surface area (Å²) in [4.78, 5) is 0. The molecule has 1 aromatic rings. The van der Waals surface area contributed by atoms with E-state index in [9.17, 15) is 13.2 Å². The van der Waals surface area contributed by atoms with Crippen LogP contribution in [-0.4, -0.2) is 6.54 Å². The standard InChI is InChI=1S/C12H12ClF3N2/c13-10-6-9(12(14,15)16)7-11(8-10)18-5-3-1-2-4-17/h6-8,18H,1-3,5H2. The second kappa shape index (κ2) is 6.50. The molecule has 1 rings (SSSR count). The van der Waals surface area contributed by atoms with Gasteiger partial charge in [0.25, 0.3) is 0 Å². The third kappa shape index (κ3) is 4.84. The van der Waals surface area contributed by atoms with Gasteiger partial charge in [-0.05, 0) is 31.0 Å². The van der Waals surface area contributed by atoms with Crippen LogP contribution in [0.2, 0.25) is 5.02 Å². The number of anilines is 1. The molecular formula is C12H12ClF3N2. The highest BCUT2D eigenvalue weighted by atomic mass is 35.5. The lowest BCUT2D eigenvalue weighted by molar-refractivity contribution is -0.137. The zero-order chi connectivity index (χ0) is 13.6. The number of nitriles is 1. The van der Waals surface area contributed by atoms with Crippen LogP contribution in [-0.2, 0) is 6.18 Å². The molecule has 0 aliphatic rings. The monoisotopic (exact) mass is 276 g/mol. The van der Waals surface area contributed by atoms with Crippen LogP contribution in [0.3, 0.4) is 0 Å². The molecule has 1 aromatic carbocycles. The van der Waals surface area contributed by atoms with E-state index in [1.165, 1.54) is 6.07 Å². The quantitative estimate of drug-likeness (QED) is 0.806. The maximum absolute atomic E-state index is 12.5. The van der Waals surface area contributed by atoms with E-state index in [1.807, 2.05) is 6.07 Å². The van der Waals surface area contributed by atoms with Crippen molar-refractivity contribution >= 4 is 17.3 Å². The minimum absolute atomic E-state index is 0.0457. The molecule has 0 spiro atoms. The fourth-order valence-electron chi connectivity index (χ4n) is 1.42. The summed E-state index contributed by atoms with van der Waals surface area (Å²) in [6, 6.07) is 5.37. The van der Waals surface area contributed by atoms with Crippen molar-refractivity contribution in [3.8, 4) is 6.07 Å². The number of alkyl halides is 3. The molecule has 0 saturated carbocycles. The third-order valence-corrected chi connectivity index (χ3v) is 2.49. The summed E-state index contributed by atoms with van der Waals surface area (Å²) in [6.07, 6.45) is -2.51. The molecule has 0 heterocycles. The van der Waals surface area contributed by atoms with Crippen LogP contribution >= 0.6 is 11.6 Å². The molecule has 0 amide bonds. The first-order valence-electron chi connectivity index (χ1n) is 5.42. The van der Waals surface area contributed by atoms with Gasteiger partial charge in [-0.2, -0.15) is 18.4 Å². The van der Waals surface area contributed by atoms with Crippen LogP contribution in [0.4, 0.5) is 18.9 Å². The maximum atomic E-state index is 12.5. The molecule has 0 saturated heterocycles. The summed E-state index contributed by atoms with van der Waals surface area (Å²) in [5, 5.41) is 11.2. The molecule has 0 aliphatic heterocycles. The Kier molecular flexibility index (Phi) is 5.29. The summed E-state index contributed by atoms with van der Waals surface area (Å²) < 4.78 is 37.5. The van der Waals surface area contributed by atoms with Crippen LogP contribution in [0, 0.1) is 11.3 Å². The van der Waals surface area contributed by atoms with Crippen LogP contribution in [0.1, 0.15) is 24.8 Å². The Morgan fingerprint density at radius 2 is 1.94 bits per heavy atom. The van der Waals surface area contributed by atoms with Crippen molar-refractivity contribution in [2.75, 3.05) is 11.9 Å². The highest BCUT2D eigenvalue weighted by Crippen LogP contribution is 2.33. The van der Waals surface area contributed by atoms with Gasteiger partial charge in [0.15, 0.2) is 0 Å². The van der Waals surface area contributed by atoms with Gasteiger partial charge in [0.05, 0.1) is 11.6 Å². The number of rotatable bonds is 5. The molecule has 0 aromatic heterocycles. The minimum Gasteiger partial charge on any atom is -0.385 e.